The maximum absolute atomic E-state index is 12.3. The van der Waals surface area contributed by atoms with Crippen molar-refractivity contribution in [3.8, 4) is 0 Å². The van der Waals surface area contributed by atoms with Crippen LogP contribution in [0.3, 0.4) is 0 Å². The molecule has 1 aromatic rings. The molecule has 2 aliphatic rings. The zero-order valence-electron chi connectivity index (χ0n) is 15.1. The van der Waals surface area contributed by atoms with Crippen LogP contribution in [0.25, 0.3) is 0 Å². The highest BCUT2D eigenvalue weighted by molar-refractivity contribution is 5.85. The predicted molar refractivity (Wildman–Crippen MR) is 108 cm³/mol. The van der Waals surface area contributed by atoms with Gasteiger partial charge in [-0.15, -0.1) is 24.8 Å². The van der Waals surface area contributed by atoms with Gasteiger partial charge < -0.3 is 10.6 Å². The van der Waals surface area contributed by atoms with Gasteiger partial charge in [0, 0.05) is 19.6 Å². The lowest BCUT2D eigenvalue weighted by molar-refractivity contribution is -0.129. The largest absolute Gasteiger partial charge is 0.352 e. The average molecular weight is 388 g/mol. The van der Waals surface area contributed by atoms with Crippen molar-refractivity contribution in [3.63, 3.8) is 0 Å². The third-order valence-corrected chi connectivity index (χ3v) is 5.25. The molecule has 0 saturated carbocycles. The molecular weight excluding hydrogens is 357 g/mol. The summed E-state index contributed by atoms with van der Waals surface area (Å²) in [6, 6.07) is 8.70. The summed E-state index contributed by atoms with van der Waals surface area (Å²) in [5.74, 6) is 0.167. The molecular formula is C19H31Cl2N3O. The van der Waals surface area contributed by atoms with Crippen LogP contribution in [0.4, 0.5) is 0 Å². The molecule has 0 aliphatic carbocycles. The number of hydrogen-bond acceptors (Lipinski definition) is 3. The van der Waals surface area contributed by atoms with Crippen LogP contribution in [0.2, 0.25) is 0 Å². The number of carbonyl (C=O) groups is 1. The van der Waals surface area contributed by atoms with E-state index in [0.29, 0.717) is 6.54 Å². The molecule has 4 nitrogen and oxygen atoms in total. The number of carbonyl (C=O) groups excluding carboxylic acids is 1. The van der Waals surface area contributed by atoms with Crippen molar-refractivity contribution in [2.45, 2.75) is 45.7 Å². The molecule has 142 valence electrons. The number of hydrogen-bond donors (Lipinski definition) is 2. The minimum Gasteiger partial charge on any atom is -0.352 e. The number of amides is 1. The van der Waals surface area contributed by atoms with E-state index in [1.54, 1.807) is 0 Å². The van der Waals surface area contributed by atoms with E-state index in [1.165, 1.54) is 43.5 Å². The first kappa shape index (κ1) is 22.2. The van der Waals surface area contributed by atoms with Crippen molar-refractivity contribution in [1.29, 1.82) is 0 Å². The summed E-state index contributed by atoms with van der Waals surface area (Å²) in [5, 5.41) is 6.37. The molecule has 2 fully saturated rings. The van der Waals surface area contributed by atoms with Gasteiger partial charge in [0.25, 0.3) is 0 Å². The number of piperidine rings is 1. The Morgan fingerprint density at radius 3 is 2.36 bits per heavy atom. The second kappa shape index (κ2) is 10.4. The van der Waals surface area contributed by atoms with Gasteiger partial charge in [-0.3, -0.25) is 9.69 Å². The SMILES string of the molecule is CC1(C(=O)NCc2ccc(CN3CCCCC3)cc2)CCNC1.Cl.Cl. The standard InChI is InChI=1S/C19H29N3O.2ClH/c1-19(9-10-20-15-19)18(23)21-13-16-5-7-17(8-6-16)14-22-11-3-2-4-12-22;;/h5-8,20H,2-4,9-15H2,1H3,(H,21,23);2*1H. The Bertz CT molecular complexity index is 524. The summed E-state index contributed by atoms with van der Waals surface area (Å²) in [6.07, 6.45) is 4.96. The average Bonchev–Trinajstić information content (AvgIpc) is 3.03. The predicted octanol–water partition coefficient (Wildman–Crippen LogP) is 3.13. The minimum absolute atomic E-state index is 0. The zero-order valence-corrected chi connectivity index (χ0v) is 16.7. The van der Waals surface area contributed by atoms with Gasteiger partial charge in [-0.1, -0.05) is 30.7 Å². The van der Waals surface area contributed by atoms with Gasteiger partial charge in [0.1, 0.15) is 0 Å². The molecule has 3 rings (SSSR count). The Morgan fingerprint density at radius 2 is 1.76 bits per heavy atom. The van der Waals surface area contributed by atoms with Crippen molar-refractivity contribution in [3.05, 3.63) is 35.4 Å². The monoisotopic (exact) mass is 387 g/mol. The number of likely N-dealkylation sites (tertiary alicyclic amines) is 1. The van der Waals surface area contributed by atoms with Crippen LogP contribution in [0, 0.1) is 5.41 Å². The fraction of sp³-hybridized carbons (Fsp3) is 0.632. The van der Waals surface area contributed by atoms with Crippen LogP contribution in [-0.2, 0) is 17.9 Å². The van der Waals surface area contributed by atoms with Crippen molar-refractivity contribution >= 4 is 30.7 Å². The summed E-state index contributed by atoms with van der Waals surface area (Å²) in [7, 11) is 0. The number of halogens is 2. The highest BCUT2D eigenvalue weighted by Crippen LogP contribution is 2.24. The van der Waals surface area contributed by atoms with Crippen LogP contribution in [0.1, 0.15) is 43.7 Å². The summed E-state index contributed by atoms with van der Waals surface area (Å²) in [5.41, 5.74) is 2.30. The molecule has 2 aliphatic heterocycles. The summed E-state index contributed by atoms with van der Waals surface area (Å²) in [6.45, 7) is 7.90. The Hall–Kier alpha value is -0.810. The molecule has 2 heterocycles. The highest BCUT2D eigenvalue weighted by Gasteiger charge is 2.35. The first-order valence-corrected chi connectivity index (χ1v) is 8.95. The van der Waals surface area contributed by atoms with Crippen LogP contribution >= 0.6 is 24.8 Å². The Labute approximate surface area is 163 Å². The van der Waals surface area contributed by atoms with Crippen LogP contribution < -0.4 is 10.6 Å². The molecule has 0 bridgehead atoms. The van der Waals surface area contributed by atoms with E-state index in [4.69, 9.17) is 0 Å². The molecule has 1 amide bonds. The van der Waals surface area contributed by atoms with Gasteiger partial charge in [-0.05, 0) is 56.9 Å². The number of nitrogens with zero attached hydrogens (tertiary/aromatic N) is 1. The van der Waals surface area contributed by atoms with Crippen LogP contribution in [0.5, 0.6) is 0 Å². The number of nitrogens with one attached hydrogen (secondary N) is 2. The van der Waals surface area contributed by atoms with Gasteiger partial charge >= 0.3 is 0 Å². The van der Waals surface area contributed by atoms with E-state index in [2.05, 4.69) is 39.8 Å². The molecule has 25 heavy (non-hydrogen) atoms. The maximum atomic E-state index is 12.3. The third-order valence-electron chi connectivity index (χ3n) is 5.25. The molecule has 0 aromatic heterocycles. The van der Waals surface area contributed by atoms with Gasteiger partial charge in [-0.25, -0.2) is 0 Å². The Morgan fingerprint density at radius 1 is 1.12 bits per heavy atom. The topological polar surface area (TPSA) is 44.4 Å². The summed E-state index contributed by atoms with van der Waals surface area (Å²) >= 11 is 0. The maximum Gasteiger partial charge on any atom is 0.227 e. The molecule has 1 unspecified atom stereocenters. The smallest absolute Gasteiger partial charge is 0.227 e. The molecule has 1 aromatic carbocycles. The van der Waals surface area contributed by atoms with E-state index < -0.39 is 0 Å². The first-order valence-electron chi connectivity index (χ1n) is 8.95. The lowest BCUT2D eigenvalue weighted by Gasteiger charge is -2.26. The fourth-order valence-corrected chi connectivity index (χ4v) is 3.54. The van der Waals surface area contributed by atoms with E-state index in [9.17, 15) is 4.79 Å². The molecule has 6 heteroatoms. The van der Waals surface area contributed by atoms with E-state index in [0.717, 1.165) is 26.1 Å². The van der Waals surface area contributed by atoms with Gasteiger partial charge in [0.15, 0.2) is 0 Å². The fourth-order valence-electron chi connectivity index (χ4n) is 3.54. The lowest BCUT2D eigenvalue weighted by Crippen LogP contribution is -2.40. The van der Waals surface area contributed by atoms with E-state index in [1.807, 2.05) is 6.92 Å². The first-order chi connectivity index (χ1) is 11.2. The molecule has 1 atom stereocenters. The number of benzene rings is 1. The second-order valence-electron chi connectivity index (χ2n) is 7.32. The summed E-state index contributed by atoms with van der Waals surface area (Å²) in [4.78, 5) is 14.8. The van der Waals surface area contributed by atoms with Crippen molar-refractivity contribution in [1.82, 2.24) is 15.5 Å². The molecule has 0 spiro atoms. The van der Waals surface area contributed by atoms with Crippen molar-refractivity contribution in [2.75, 3.05) is 26.2 Å². The Kier molecular flexibility index (Phi) is 9.22. The third kappa shape index (κ3) is 6.14. The number of rotatable bonds is 5. The Balaban J connectivity index is 0.00000156. The lowest BCUT2D eigenvalue weighted by atomic mass is 9.89. The summed E-state index contributed by atoms with van der Waals surface area (Å²) < 4.78 is 0. The van der Waals surface area contributed by atoms with E-state index >= 15 is 0 Å². The normalized spacial score (nSPS) is 23.4. The van der Waals surface area contributed by atoms with Crippen LogP contribution in [-0.4, -0.2) is 37.0 Å². The van der Waals surface area contributed by atoms with Crippen molar-refractivity contribution < 1.29 is 4.79 Å². The minimum atomic E-state index is -0.242. The highest BCUT2D eigenvalue weighted by atomic mass is 35.5. The van der Waals surface area contributed by atoms with Crippen molar-refractivity contribution in [2.24, 2.45) is 5.41 Å². The molecule has 2 N–H and O–H groups in total. The van der Waals surface area contributed by atoms with Crippen LogP contribution in [0.15, 0.2) is 24.3 Å². The molecule has 2 saturated heterocycles. The second-order valence-corrected chi connectivity index (χ2v) is 7.32. The quantitative estimate of drug-likeness (QED) is 0.815. The molecule has 0 radical (unpaired) electrons. The van der Waals surface area contributed by atoms with Gasteiger partial charge in [-0.2, -0.15) is 0 Å². The van der Waals surface area contributed by atoms with Gasteiger partial charge in [0.2, 0.25) is 5.91 Å². The van der Waals surface area contributed by atoms with E-state index in [-0.39, 0.29) is 36.1 Å². The zero-order chi connectivity index (χ0) is 16.1. The van der Waals surface area contributed by atoms with Gasteiger partial charge in [0.05, 0.1) is 5.41 Å².